The summed E-state index contributed by atoms with van der Waals surface area (Å²) in [5.41, 5.74) is 1.65. The molecule has 3 rings (SSSR count). The molecule has 1 heterocycles. The molecule has 7 nitrogen and oxygen atoms in total. The Morgan fingerprint density at radius 2 is 1.75 bits per heavy atom. The number of rotatable bonds is 8. The molecule has 0 radical (unpaired) electrons. The van der Waals surface area contributed by atoms with Crippen LogP contribution >= 0.6 is 11.8 Å². The van der Waals surface area contributed by atoms with Crippen LogP contribution in [0.4, 0.5) is 4.39 Å². The first-order chi connectivity index (χ1) is 13.6. The van der Waals surface area contributed by atoms with Crippen LogP contribution in [0.2, 0.25) is 0 Å². The van der Waals surface area contributed by atoms with E-state index in [0.29, 0.717) is 40.6 Å². The van der Waals surface area contributed by atoms with Crippen molar-refractivity contribution >= 4 is 23.5 Å². The first-order valence-corrected chi connectivity index (χ1v) is 9.46. The Morgan fingerprint density at radius 3 is 2.43 bits per heavy atom. The zero-order valence-corrected chi connectivity index (χ0v) is 15.9. The number of ketones is 1. The quantitative estimate of drug-likeness (QED) is 0.248. The van der Waals surface area contributed by atoms with Crippen LogP contribution in [0.25, 0.3) is 5.69 Å². The number of aromatic nitrogens is 4. The summed E-state index contributed by atoms with van der Waals surface area (Å²) in [5, 5.41) is 12.2. The lowest BCUT2D eigenvalue weighted by molar-refractivity contribution is 0.0600. The van der Waals surface area contributed by atoms with Gasteiger partial charge in [0.25, 0.3) is 0 Å². The molecule has 0 aliphatic carbocycles. The molecule has 0 unspecified atom stereocenters. The van der Waals surface area contributed by atoms with Gasteiger partial charge in [-0.3, -0.25) is 4.79 Å². The monoisotopic (exact) mass is 400 g/mol. The number of hydrogen-bond acceptors (Lipinski definition) is 7. The van der Waals surface area contributed by atoms with E-state index in [1.54, 1.807) is 28.9 Å². The van der Waals surface area contributed by atoms with Gasteiger partial charge in [0.15, 0.2) is 5.78 Å². The van der Waals surface area contributed by atoms with Crippen molar-refractivity contribution < 1.29 is 18.7 Å². The van der Waals surface area contributed by atoms with Crippen LogP contribution in [0.1, 0.15) is 33.6 Å². The van der Waals surface area contributed by atoms with Crippen molar-refractivity contribution in [2.24, 2.45) is 0 Å². The first kappa shape index (κ1) is 19.7. The molecule has 0 N–H and O–H groups in total. The normalized spacial score (nSPS) is 10.6. The van der Waals surface area contributed by atoms with Gasteiger partial charge in [0, 0.05) is 17.7 Å². The van der Waals surface area contributed by atoms with Crippen LogP contribution in [-0.4, -0.2) is 44.8 Å². The molecule has 0 fully saturated rings. The van der Waals surface area contributed by atoms with Gasteiger partial charge in [0.05, 0.1) is 18.4 Å². The summed E-state index contributed by atoms with van der Waals surface area (Å²) in [7, 11) is 1.33. The van der Waals surface area contributed by atoms with Gasteiger partial charge >= 0.3 is 5.97 Å². The number of benzene rings is 2. The molecule has 144 valence electrons. The minimum Gasteiger partial charge on any atom is -0.465 e. The van der Waals surface area contributed by atoms with E-state index in [1.165, 1.54) is 43.1 Å². The average Bonchev–Trinajstić information content (AvgIpc) is 3.19. The lowest BCUT2D eigenvalue weighted by atomic mass is 10.1. The van der Waals surface area contributed by atoms with Crippen LogP contribution < -0.4 is 0 Å². The Kier molecular flexibility index (Phi) is 6.49. The fourth-order valence-corrected chi connectivity index (χ4v) is 3.29. The third-order valence-electron chi connectivity index (χ3n) is 3.92. The van der Waals surface area contributed by atoms with Gasteiger partial charge < -0.3 is 4.74 Å². The van der Waals surface area contributed by atoms with Gasteiger partial charge in [-0.05, 0) is 65.4 Å². The lowest BCUT2D eigenvalue weighted by Crippen LogP contribution is -2.03. The first-order valence-electron chi connectivity index (χ1n) is 8.47. The summed E-state index contributed by atoms with van der Waals surface area (Å²) in [4.78, 5) is 23.6. The second-order valence-electron chi connectivity index (χ2n) is 5.79. The second-order valence-corrected chi connectivity index (χ2v) is 6.86. The number of tetrazole rings is 1. The third-order valence-corrected chi connectivity index (χ3v) is 4.92. The number of carbonyl (C=O) groups excluding carboxylic acids is 2. The molecule has 3 aromatic rings. The smallest absolute Gasteiger partial charge is 0.337 e. The van der Waals surface area contributed by atoms with E-state index in [2.05, 4.69) is 20.3 Å². The standard InChI is InChI=1S/C19H17FN4O3S/c1-27-18(26)14-6-10-16(11-7-14)24-19(21-22-23-24)28-12-2-3-17(25)13-4-8-15(20)9-5-13/h4-11H,2-3,12H2,1H3. The van der Waals surface area contributed by atoms with Crippen LogP contribution in [-0.2, 0) is 4.74 Å². The number of nitrogens with zero attached hydrogens (tertiary/aromatic N) is 4. The van der Waals surface area contributed by atoms with Crippen molar-refractivity contribution in [3.05, 3.63) is 65.5 Å². The van der Waals surface area contributed by atoms with Gasteiger partial charge in [0.1, 0.15) is 5.82 Å². The minimum atomic E-state index is -0.413. The highest BCUT2D eigenvalue weighted by Crippen LogP contribution is 2.20. The maximum absolute atomic E-state index is 12.9. The maximum atomic E-state index is 12.9. The Bertz CT molecular complexity index is 958. The van der Waals surface area contributed by atoms with Crippen LogP contribution in [0.5, 0.6) is 0 Å². The van der Waals surface area contributed by atoms with E-state index < -0.39 is 5.97 Å². The summed E-state index contributed by atoms with van der Waals surface area (Å²) in [6.45, 7) is 0. The van der Waals surface area contributed by atoms with Crippen molar-refractivity contribution in [1.29, 1.82) is 0 Å². The SMILES string of the molecule is COC(=O)c1ccc(-n2nnnc2SCCCC(=O)c2ccc(F)cc2)cc1. The third kappa shape index (κ3) is 4.80. The number of hydrogen-bond donors (Lipinski definition) is 0. The van der Waals surface area contributed by atoms with E-state index in [1.807, 2.05) is 0 Å². The van der Waals surface area contributed by atoms with Crippen LogP contribution in [0.15, 0.2) is 53.7 Å². The molecule has 0 spiro atoms. The van der Waals surface area contributed by atoms with Crippen molar-refractivity contribution in [3.8, 4) is 5.69 Å². The Morgan fingerprint density at radius 1 is 1.07 bits per heavy atom. The van der Waals surface area contributed by atoms with E-state index in [0.717, 1.165) is 0 Å². The molecule has 28 heavy (non-hydrogen) atoms. The number of esters is 1. The molecule has 0 atom stereocenters. The number of Topliss-reactive ketones (excluding diaryl/α,β-unsaturated/α-hetero) is 1. The molecule has 0 amide bonds. The Balaban J connectivity index is 1.55. The molecule has 0 aliphatic heterocycles. The van der Waals surface area contributed by atoms with Crippen molar-refractivity contribution in [2.45, 2.75) is 18.0 Å². The molecular weight excluding hydrogens is 383 g/mol. The average molecular weight is 400 g/mol. The molecule has 0 saturated heterocycles. The number of thioether (sulfide) groups is 1. The fraction of sp³-hybridized carbons (Fsp3) is 0.211. The predicted molar refractivity (Wildman–Crippen MR) is 101 cm³/mol. The van der Waals surface area contributed by atoms with E-state index in [-0.39, 0.29) is 11.6 Å². The van der Waals surface area contributed by atoms with E-state index in [9.17, 15) is 14.0 Å². The molecule has 0 saturated carbocycles. The van der Waals surface area contributed by atoms with Crippen molar-refractivity contribution in [3.63, 3.8) is 0 Å². The highest BCUT2D eigenvalue weighted by atomic mass is 32.2. The highest BCUT2D eigenvalue weighted by Gasteiger charge is 2.12. The zero-order chi connectivity index (χ0) is 19.9. The Labute approximate surface area is 164 Å². The summed E-state index contributed by atoms with van der Waals surface area (Å²) in [6, 6.07) is 12.3. The molecule has 2 aromatic carbocycles. The van der Waals surface area contributed by atoms with Gasteiger partial charge in [-0.2, -0.15) is 4.68 Å². The molecule has 0 aliphatic rings. The van der Waals surface area contributed by atoms with Crippen molar-refractivity contribution in [1.82, 2.24) is 20.2 Å². The van der Waals surface area contributed by atoms with Gasteiger partial charge in [-0.1, -0.05) is 11.8 Å². The topological polar surface area (TPSA) is 87.0 Å². The summed E-state index contributed by atoms with van der Waals surface area (Å²) in [5.74, 6) is -0.158. The molecule has 0 bridgehead atoms. The molecule has 9 heteroatoms. The van der Waals surface area contributed by atoms with Crippen LogP contribution in [0.3, 0.4) is 0 Å². The Hall–Kier alpha value is -3.07. The lowest BCUT2D eigenvalue weighted by Gasteiger charge is -2.05. The number of methoxy groups -OCH3 is 1. The molecular formula is C19H17FN4O3S. The van der Waals surface area contributed by atoms with Gasteiger partial charge in [-0.15, -0.1) is 5.10 Å². The summed E-state index contributed by atoms with van der Waals surface area (Å²) < 4.78 is 19.2. The van der Waals surface area contributed by atoms with E-state index >= 15 is 0 Å². The zero-order valence-electron chi connectivity index (χ0n) is 15.0. The number of halogens is 1. The maximum Gasteiger partial charge on any atom is 0.337 e. The minimum absolute atomic E-state index is 0.0291. The number of ether oxygens (including phenoxy) is 1. The summed E-state index contributed by atoms with van der Waals surface area (Å²) in [6.07, 6.45) is 0.989. The van der Waals surface area contributed by atoms with E-state index in [4.69, 9.17) is 0 Å². The fourth-order valence-electron chi connectivity index (χ4n) is 2.46. The largest absolute Gasteiger partial charge is 0.465 e. The number of carbonyl (C=O) groups is 2. The second kappa shape index (κ2) is 9.23. The van der Waals surface area contributed by atoms with Crippen LogP contribution in [0, 0.1) is 5.82 Å². The van der Waals surface area contributed by atoms with Gasteiger partial charge in [-0.25, -0.2) is 9.18 Å². The summed E-state index contributed by atoms with van der Waals surface area (Å²) >= 11 is 1.43. The highest BCUT2D eigenvalue weighted by molar-refractivity contribution is 7.99. The van der Waals surface area contributed by atoms with Crippen molar-refractivity contribution in [2.75, 3.05) is 12.9 Å². The molecule has 1 aromatic heterocycles. The van der Waals surface area contributed by atoms with Gasteiger partial charge in [0.2, 0.25) is 5.16 Å². The predicted octanol–water partition coefficient (Wildman–Crippen LogP) is 3.34.